The summed E-state index contributed by atoms with van der Waals surface area (Å²) in [5, 5.41) is 0. The van der Waals surface area contributed by atoms with E-state index in [-0.39, 0.29) is 0 Å². The largest absolute Gasteiger partial charge is 0.557 e. The minimum absolute atomic E-state index is 1.06. The third kappa shape index (κ3) is 2.65. The third-order valence-corrected chi connectivity index (χ3v) is 1.39. The van der Waals surface area contributed by atoms with Crippen molar-refractivity contribution < 1.29 is 4.68 Å². The van der Waals surface area contributed by atoms with Gasteiger partial charge in [-0.3, -0.25) is 9.80 Å². The molecule has 0 radical (unpaired) electrons. The van der Waals surface area contributed by atoms with E-state index in [2.05, 4.69) is 5.43 Å². The summed E-state index contributed by atoms with van der Waals surface area (Å²) in [6, 6.07) is 0. The van der Waals surface area contributed by atoms with Gasteiger partial charge in [-0.2, -0.15) is 0 Å². The summed E-state index contributed by atoms with van der Waals surface area (Å²) in [6.07, 6.45) is 0. The van der Waals surface area contributed by atoms with Crippen molar-refractivity contribution in [1.29, 1.82) is 0 Å². The minimum Gasteiger partial charge on any atom is -0.557 e. The quantitative estimate of drug-likeness (QED) is 0.232. The zero-order valence-electron chi connectivity index (χ0n) is 8.29. The monoisotopic (exact) mass is 158 g/mol. The third-order valence-electron chi connectivity index (χ3n) is 1.39. The van der Waals surface area contributed by atoms with Gasteiger partial charge in [0.1, 0.15) is 0 Å². The van der Waals surface area contributed by atoms with Crippen LogP contribution in [0.3, 0.4) is 0 Å². The summed E-state index contributed by atoms with van der Waals surface area (Å²) in [5.41, 5.74) is 4.04. The summed E-state index contributed by atoms with van der Waals surface area (Å²) >= 11 is 0. The van der Waals surface area contributed by atoms with Crippen molar-refractivity contribution in [3.8, 4) is 0 Å². The standard InChI is InChI=1S/C7H18N4/c1-8-11(6)7(9(2)3)10(4)5/h1-6H3. The second-order valence-corrected chi connectivity index (χ2v) is 2.81. The lowest BCUT2D eigenvalue weighted by Crippen LogP contribution is -2.40. The van der Waals surface area contributed by atoms with E-state index in [1.165, 1.54) is 0 Å². The Morgan fingerprint density at radius 2 is 1.45 bits per heavy atom. The van der Waals surface area contributed by atoms with Gasteiger partial charge >= 0.3 is 5.96 Å². The molecule has 0 aromatic carbocycles. The fraction of sp³-hybridized carbons (Fsp3) is 0.857. The molecule has 0 aliphatic carbocycles. The zero-order chi connectivity index (χ0) is 9.02. The van der Waals surface area contributed by atoms with Crippen LogP contribution in [0.1, 0.15) is 0 Å². The highest BCUT2D eigenvalue weighted by molar-refractivity contribution is 5.74. The average Bonchev–Trinajstić information content (AvgIpc) is 1.85. The lowest BCUT2D eigenvalue weighted by Gasteiger charge is -2.24. The molecule has 0 unspecified atom stereocenters. The van der Waals surface area contributed by atoms with Crippen LogP contribution in [0.5, 0.6) is 0 Å². The van der Waals surface area contributed by atoms with Gasteiger partial charge in [-0.25, -0.2) is 0 Å². The molecular weight excluding hydrogens is 140 g/mol. The molecule has 0 heterocycles. The molecule has 4 nitrogen and oxygen atoms in total. The predicted octanol–water partition coefficient (Wildman–Crippen LogP) is 0.0264. The van der Waals surface area contributed by atoms with Gasteiger partial charge < -0.3 is 10.1 Å². The molecule has 0 saturated carbocycles. The number of rotatable bonds is 1. The Morgan fingerprint density at radius 1 is 1.09 bits per heavy atom. The van der Waals surface area contributed by atoms with E-state index in [0.717, 1.165) is 5.96 Å². The van der Waals surface area contributed by atoms with E-state index in [1.54, 1.807) is 7.05 Å². The molecule has 0 amide bonds. The van der Waals surface area contributed by atoms with Crippen LogP contribution in [-0.2, 0) is 0 Å². The van der Waals surface area contributed by atoms with Crippen LogP contribution >= 0.6 is 0 Å². The van der Waals surface area contributed by atoms with Gasteiger partial charge in [0.15, 0.2) is 0 Å². The van der Waals surface area contributed by atoms with Crippen LogP contribution < -0.4 is 0 Å². The van der Waals surface area contributed by atoms with E-state index in [9.17, 15) is 0 Å². The maximum absolute atomic E-state index is 4.04. The molecule has 0 spiro atoms. The van der Waals surface area contributed by atoms with E-state index in [0.29, 0.717) is 0 Å². The van der Waals surface area contributed by atoms with Gasteiger partial charge in [0.05, 0.1) is 28.2 Å². The van der Waals surface area contributed by atoms with Crippen molar-refractivity contribution >= 4 is 5.96 Å². The zero-order valence-corrected chi connectivity index (χ0v) is 8.29. The SMILES string of the molecule is C[N-][N+](C)=C(N(C)C)N(C)C. The average molecular weight is 158 g/mol. The number of guanidine groups is 1. The van der Waals surface area contributed by atoms with Gasteiger partial charge in [-0.1, -0.05) is 0 Å². The molecule has 0 bridgehead atoms. The minimum atomic E-state index is 1.06. The Morgan fingerprint density at radius 3 is 1.55 bits per heavy atom. The molecule has 0 fully saturated rings. The number of nitrogens with zero attached hydrogens (tertiary/aromatic N) is 4. The molecule has 0 aromatic heterocycles. The van der Waals surface area contributed by atoms with Crippen LogP contribution in [0.25, 0.3) is 5.43 Å². The lowest BCUT2D eigenvalue weighted by atomic mass is 10.7. The molecular formula is C7H18N4. The van der Waals surface area contributed by atoms with Gasteiger partial charge in [0.2, 0.25) is 0 Å². The normalized spacial score (nSPS) is 8.91. The number of hydrogen-bond donors (Lipinski definition) is 0. The van der Waals surface area contributed by atoms with Crippen LogP contribution in [-0.4, -0.2) is 62.7 Å². The first-order valence-electron chi connectivity index (χ1n) is 3.55. The highest BCUT2D eigenvalue weighted by Gasteiger charge is 2.11. The van der Waals surface area contributed by atoms with Crippen LogP contribution in [0.2, 0.25) is 0 Å². The van der Waals surface area contributed by atoms with Crippen molar-refractivity contribution in [3.63, 3.8) is 0 Å². The lowest BCUT2D eigenvalue weighted by molar-refractivity contribution is -0.454. The molecule has 0 saturated heterocycles. The molecule has 11 heavy (non-hydrogen) atoms. The van der Waals surface area contributed by atoms with E-state index >= 15 is 0 Å². The second kappa shape index (κ2) is 4.05. The van der Waals surface area contributed by atoms with Crippen molar-refractivity contribution in [2.24, 2.45) is 0 Å². The molecule has 4 heteroatoms. The fourth-order valence-electron chi connectivity index (χ4n) is 1.07. The predicted molar refractivity (Wildman–Crippen MR) is 47.8 cm³/mol. The first-order valence-corrected chi connectivity index (χ1v) is 3.55. The first-order chi connectivity index (χ1) is 5.00. The summed E-state index contributed by atoms with van der Waals surface area (Å²) in [4.78, 5) is 4.04. The van der Waals surface area contributed by atoms with Gasteiger partial charge in [0, 0.05) is 7.05 Å². The number of hydrogen-bond acceptors (Lipinski definition) is 0. The van der Waals surface area contributed by atoms with Crippen molar-refractivity contribution in [2.45, 2.75) is 0 Å². The maximum atomic E-state index is 4.04. The van der Waals surface area contributed by atoms with Crippen LogP contribution in [0.15, 0.2) is 0 Å². The van der Waals surface area contributed by atoms with Gasteiger partial charge in [-0.05, 0) is 0 Å². The Balaban J connectivity index is 4.58. The molecule has 0 aromatic rings. The first kappa shape index (κ1) is 10.1. The Bertz CT molecular complexity index is 139. The second-order valence-electron chi connectivity index (χ2n) is 2.81. The molecule has 0 N–H and O–H groups in total. The maximum Gasteiger partial charge on any atom is 0.338 e. The van der Waals surface area contributed by atoms with Gasteiger partial charge in [-0.15, -0.1) is 7.05 Å². The highest BCUT2D eigenvalue weighted by Crippen LogP contribution is 1.90. The molecule has 0 atom stereocenters. The molecule has 0 aliphatic rings. The van der Waals surface area contributed by atoms with E-state index < -0.39 is 0 Å². The van der Waals surface area contributed by atoms with Crippen molar-refractivity contribution in [3.05, 3.63) is 5.43 Å². The van der Waals surface area contributed by atoms with E-state index in [4.69, 9.17) is 0 Å². The Kier molecular flexibility index (Phi) is 3.71. The molecule has 0 rings (SSSR count). The Hall–Kier alpha value is -0.930. The van der Waals surface area contributed by atoms with Gasteiger partial charge in [0.25, 0.3) is 0 Å². The summed E-state index contributed by atoms with van der Waals surface area (Å²) in [5.74, 6) is 1.06. The van der Waals surface area contributed by atoms with E-state index in [1.807, 2.05) is 49.7 Å². The van der Waals surface area contributed by atoms with Crippen molar-refractivity contribution in [1.82, 2.24) is 9.80 Å². The summed E-state index contributed by atoms with van der Waals surface area (Å²) in [6.45, 7) is 0. The fourth-order valence-corrected chi connectivity index (χ4v) is 1.07. The topological polar surface area (TPSA) is 23.6 Å². The van der Waals surface area contributed by atoms with Crippen LogP contribution in [0, 0.1) is 0 Å². The highest BCUT2D eigenvalue weighted by atomic mass is 15.5. The smallest absolute Gasteiger partial charge is 0.338 e. The molecule has 66 valence electrons. The Labute approximate surface area is 69.1 Å². The summed E-state index contributed by atoms with van der Waals surface area (Å²) < 4.78 is 1.83. The summed E-state index contributed by atoms with van der Waals surface area (Å²) in [7, 11) is 11.7. The molecule has 0 aliphatic heterocycles. The van der Waals surface area contributed by atoms with Crippen LogP contribution in [0.4, 0.5) is 0 Å². The van der Waals surface area contributed by atoms with Crippen molar-refractivity contribution in [2.75, 3.05) is 42.3 Å².